The standard InChI is InChI=1S/C15H21FN2O2S/c16-14-5-2-1-4-13(14)10-21(19,20)18-9-3-6-15(12-18)7-8-17-11-15/h1-2,4-5,17H,3,6-12H2/t15-/m1/s1. The summed E-state index contributed by atoms with van der Waals surface area (Å²) >= 11 is 0. The van der Waals surface area contributed by atoms with Crippen molar-refractivity contribution in [3.63, 3.8) is 0 Å². The highest BCUT2D eigenvalue weighted by atomic mass is 32.2. The molecule has 2 aliphatic heterocycles. The van der Waals surface area contributed by atoms with Gasteiger partial charge in [0, 0.05) is 25.2 Å². The van der Waals surface area contributed by atoms with E-state index in [9.17, 15) is 12.8 Å². The van der Waals surface area contributed by atoms with E-state index in [-0.39, 0.29) is 16.7 Å². The number of piperidine rings is 1. The van der Waals surface area contributed by atoms with Crippen LogP contribution in [0.15, 0.2) is 24.3 Å². The Morgan fingerprint density at radius 3 is 2.81 bits per heavy atom. The van der Waals surface area contributed by atoms with Gasteiger partial charge in [-0.05, 0) is 37.3 Å². The van der Waals surface area contributed by atoms with Gasteiger partial charge in [-0.3, -0.25) is 0 Å². The van der Waals surface area contributed by atoms with E-state index < -0.39 is 15.8 Å². The molecule has 0 aromatic heterocycles. The predicted octanol–water partition coefficient (Wildman–Crippen LogP) is 1.73. The maximum Gasteiger partial charge on any atom is 0.218 e. The van der Waals surface area contributed by atoms with Crippen LogP contribution in [0.5, 0.6) is 0 Å². The molecule has 1 atom stereocenters. The van der Waals surface area contributed by atoms with Gasteiger partial charge in [0.1, 0.15) is 5.82 Å². The van der Waals surface area contributed by atoms with E-state index in [1.165, 1.54) is 6.07 Å². The monoisotopic (exact) mass is 312 g/mol. The molecule has 6 heteroatoms. The average molecular weight is 312 g/mol. The second-order valence-corrected chi connectivity index (χ2v) is 8.18. The van der Waals surface area contributed by atoms with Crippen molar-refractivity contribution in [1.29, 1.82) is 0 Å². The van der Waals surface area contributed by atoms with Crippen molar-refractivity contribution in [1.82, 2.24) is 9.62 Å². The van der Waals surface area contributed by atoms with Gasteiger partial charge in [0.25, 0.3) is 0 Å². The molecular formula is C15H21FN2O2S. The molecule has 116 valence electrons. The fraction of sp³-hybridized carbons (Fsp3) is 0.600. The van der Waals surface area contributed by atoms with Gasteiger partial charge in [0.15, 0.2) is 0 Å². The third kappa shape index (κ3) is 3.12. The van der Waals surface area contributed by atoms with Crippen molar-refractivity contribution in [2.45, 2.75) is 25.0 Å². The van der Waals surface area contributed by atoms with Gasteiger partial charge in [0.2, 0.25) is 10.0 Å². The molecule has 0 bridgehead atoms. The molecule has 3 rings (SSSR count). The van der Waals surface area contributed by atoms with Crippen LogP contribution in [0, 0.1) is 11.2 Å². The molecule has 0 unspecified atom stereocenters. The van der Waals surface area contributed by atoms with Crippen LogP contribution in [0.4, 0.5) is 4.39 Å². The quantitative estimate of drug-likeness (QED) is 0.925. The lowest BCUT2D eigenvalue weighted by Gasteiger charge is -2.39. The fourth-order valence-corrected chi connectivity index (χ4v) is 5.13. The van der Waals surface area contributed by atoms with Crippen LogP contribution in [-0.2, 0) is 15.8 Å². The second kappa shape index (κ2) is 5.66. The Balaban J connectivity index is 1.77. The number of sulfonamides is 1. The molecule has 0 radical (unpaired) electrons. The van der Waals surface area contributed by atoms with Gasteiger partial charge in [-0.1, -0.05) is 18.2 Å². The highest BCUT2D eigenvalue weighted by Gasteiger charge is 2.41. The SMILES string of the molecule is O=S(=O)(Cc1ccccc1F)N1CCC[C@]2(CCNC2)C1. The summed E-state index contributed by atoms with van der Waals surface area (Å²) in [6.45, 7) is 2.97. The first-order valence-corrected chi connectivity index (χ1v) is 9.04. The van der Waals surface area contributed by atoms with Crippen LogP contribution in [-0.4, -0.2) is 38.9 Å². The molecule has 0 aliphatic carbocycles. The van der Waals surface area contributed by atoms with E-state index in [4.69, 9.17) is 0 Å². The number of rotatable bonds is 3. The first-order valence-electron chi connectivity index (χ1n) is 7.43. The Bertz CT molecular complexity index is 612. The maximum absolute atomic E-state index is 13.7. The second-order valence-electron chi connectivity index (χ2n) is 6.21. The fourth-order valence-electron chi connectivity index (χ4n) is 3.45. The topological polar surface area (TPSA) is 49.4 Å². The average Bonchev–Trinajstić information content (AvgIpc) is 2.89. The molecule has 0 saturated carbocycles. The number of hydrogen-bond acceptors (Lipinski definition) is 3. The minimum atomic E-state index is -3.46. The number of nitrogens with one attached hydrogen (secondary N) is 1. The van der Waals surface area contributed by atoms with Gasteiger partial charge in [-0.2, -0.15) is 0 Å². The van der Waals surface area contributed by atoms with Crippen molar-refractivity contribution in [3.05, 3.63) is 35.6 Å². The Hall–Kier alpha value is -0.980. The smallest absolute Gasteiger partial charge is 0.218 e. The summed E-state index contributed by atoms with van der Waals surface area (Å²) < 4.78 is 40.4. The number of hydrogen-bond donors (Lipinski definition) is 1. The van der Waals surface area contributed by atoms with Crippen molar-refractivity contribution in [2.24, 2.45) is 5.41 Å². The van der Waals surface area contributed by atoms with Crippen LogP contribution in [0.1, 0.15) is 24.8 Å². The van der Waals surface area contributed by atoms with Crippen LogP contribution >= 0.6 is 0 Å². The maximum atomic E-state index is 13.7. The van der Waals surface area contributed by atoms with Gasteiger partial charge in [-0.25, -0.2) is 17.1 Å². The molecule has 1 aromatic rings. The van der Waals surface area contributed by atoms with E-state index in [2.05, 4.69) is 5.32 Å². The summed E-state index contributed by atoms with van der Waals surface area (Å²) in [6.07, 6.45) is 2.99. The first kappa shape index (κ1) is 14.9. The molecule has 21 heavy (non-hydrogen) atoms. The summed E-state index contributed by atoms with van der Waals surface area (Å²) in [4.78, 5) is 0. The van der Waals surface area contributed by atoms with E-state index in [1.54, 1.807) is 22.5 Å². The zero-order valence-corrected chi connectivity index (χ0v) is 12.8. The number of nitrogens with zero attached hydrogens (tertiary/aromatic N) is 1. The minimum Gasteiger partial charge on any atom is -0.316 e. The Labute approximate surface area is 125 Å². The molecule has 2 heterocycles. The Morgan fingerprint density at radius 2 is 2.10 bits per heavy atom. The van der Waals surface area contributed by atoms with E-state index in [0.29, 0.717) is 13.1 Å². The highest BCUT2D eigenvalue weighted by molar-refractivity contribution is 7.88. The highest BCUT2D eigenvalue weighted by Crippen LogP contribution is 2.36. The largest absolute Gasteiger partial charge is 0.316 e. The first-order chi connectivity index (χ1) is 10.0. The normalized spacial score (nSPS) is 27.3. The number of benzene rings is 1. The zero-order valence-electron chi connectivity index (χ0n) is 12.0. The summed E-state index contributed by atoms with van der Waals surface area (Å²) in [5.74, 6) is -0.696. The lowest BCUT2D eigenvalue weighted by Crippen LogP contribution is -2.47. The Kier molecular flexibility index (Phi) is 4.03. The van der Waals surface area contributed by atoms with Crippen molar-refractivity contribution in [3.8, 4) is 0 Å². The lowest BCUT2D eigenvalue weighted by molar-refractivity contribution is 0.166. The molecule has 1 spiro atoms. The molecule has 2 saturated heterocycles. The van der Waals surface area contributed by atoms with Gasteiger partial charge >= 0.3 is 0 Å². The van der Waals surface area contributed by atoms with E-state index in [1.807, 2.05) is 0 Å². The molecule has 2 fully saturated rings. The summed E-state index contributed by atoms with van der Waals surface area (Å²) in [7, 11) is -3.46. The minimum absolute atomic E-state index is 0.0839. The van der Waals surface area contributed by atoms with Crippen LogP contribution < -0.4 is 5.32 Å². The van der Waals surface area contributed by atoms with Crippen LogP contribution in [0.3, 0.4) is 0 Å². The van der Waals surface area contributed by atoms with Gasteiger partial charge < -0.3 is 5.32 Å². The molecule has 1 aromatic carbocycles. The third-order valence-corrected chi connectivity index (χ3v) is 6.42. The summed E-state index contributed by atoms with van der Waals surface area (Å²) in [5.41, 5.74) is 0.335. The zero-order chi connectivity index (χ0) is 14.9. The molecule has 0 amide bonds. The molecule has 2 aliphatic rings. The van der Waals surface area contributed by atoms with Crippen molar-refractivity contribution >= 4 is 10.0 Å². The van der Waals surface area contributed by atoms with Crippen molar-refractivity contribution < 1.29 is 12.8 Å². The van der Waals surface area contributed by atoms with Gasteiger partial charge in [0.05, 0.1) is 5.75 Å². The molecule has 1 N–H and O–H groups in total. The third-order valence-electron chi connectivity index (χ3n) is 4.65. The lowest BCUT2D eigenvalue weighted by atomic mass is 9.80. The van der Waals surface area contributed by atoms with E-state index >= 15 is 0 Å². The van der Waals surface area contributed by atoms with Crippen LogP contribution in [0.2, 0.25) is 0 Å². The van der Waals surface area contributed by atoms with Crippen molar-refractivity contribution in [2.75, 3.05) is 26.2 Å². The van der Waals surface area contributed by atoms with Crippen LogP contribution in [0.25, 0.3) is 0 Å². The number of halogens is 1. The summed E-state index contributed by atoms with van der Waals surface area (Å²) in [5, 5.41) is 3.33. The summed E-state index contributed by atoms with van der Waals surface area (Å²) in [6, 6.07) is 6.10. The Morgan fingerprint density at radius 1 is 1.29 bits per heavy atom. The molecular weight excluding hydrogens is 291 g/mol. The van der Waals surface area contributed by atoms with E-state index in [0.717, 1.165) is 32.4 Å². The molecule has 4 nitrogen and oxygen atoms in total. The van der Waals surface area contributed by atoms with Gasteiger partial charge in [-0.15, -0.1) is 0 Å². The predicted molar refractivity (Wildman–Crippen MR) is 79.8 cm³/mol.